The van der Waals surface area contributed by atoms with E-state index in [1.807, 2.05) is 24.3 Å². The Morgan fingerprint density at radius 1 is 0.921 bits per heavy atom. The summed E-state index contributed by atoms with van der Waals surface area (Å²) in [5.41, 5.74) is 7.80. The smallest absolute Gasteiger partial charge is 0.410 e. The number of ether oxygens (including phenoxy) is 1. The molecule has 1 atom stereocenters. The predicted octanol–water partition coefficient (Wildman–Crippen LogP) is 5.05. The standard InChI is InChI=1S/C29H38BrN3O5/c1-3-4-5-6-7-8-28(36)32-25(18-27(31)35)26(34)17-21-9-11-23(12-10-21)20-38-29(37)33(2)19-22-13-15-24(30)16-14-22/h9-16,25H,3-8,17-20H2,1-2H3,(H2,31,35)(H,32,36)/t25-/m1/s1. The molecule has 0 unspecified atom stereocenters. The quantitative estimate of drug-likeness (QED) is 0.266. The molecule has 0 heterocycles. The first kappa shape index (κ1) is 31.0. The van der Waals surface area contributed by atoms with Crippen LogP contribution in [0.25, 0.3) is 0 Å². The van der Waals surface area contributed by atoms with Crippen LogP contribution in [0.2, 0.25) is 0 Å². The Kier molecular flexibility index (Phi) is 13.6. The fourth-order valence-electron chi connectivity index (χ4n) is 3.86. The highest BCUT2D eigenvalue weighted by atomic mass is 79.9. The molecule has 0 spiro atoms. The Morgan fingerprint density at radius 2 is 1.53 bits per heavy atom. The average molecular weight is 589 g/mol. The minimum Gasteiger partial charge on any atom is -0.445 e. The van der Waals surface area contributed by atoms with Crippen LogP contribution in [0, 0.1) is 0 Å². The third-order valence-corrected chi connectivity index (χ3v) is 6.57. The zero-order valence-corrected chi connectivity index (χ0v) is 23.8. The summed E-state index contributed by atoms with van der Waals surface area (Å²) in [5, 5.41) is 2.68. The minimum absolute atomic E-state index is 0.0464. The normalized spacial score (nSPS) is 11.4. The van der Waals surface area contributed by atoms with Crippen LogP contribution >= 0.6 is 15.9 Å². The molecule has 2 aromatic carbocycles. The highest BCUT2D eigenvalue weighted by Gasteiger charge is 2.23. The Balaban J connectivity index is 1.83. The second-order valence-corrected chi connectivity index (χ2v) is 10.4. The molecule has 0 bridgehead atoms. The Hall–Kier alpha value is -3.20. The number of rotatable bonds is 16. The molecule has 2 rings (SSSR count). The molecule has 8 nitrogen and oxygen atoms in total. The number of ketones is 1. The van der Waals surface area contributed by atoms with Crippen molar-refractivity contribution >= 4 is 39.6 Å². The fourth-order valence-corrected chi connectivity index (χ4v) is 4.13. The molecule has 3 N–H and O–H groups in total. The fraction of sp³-hybridized carbons (Fsp3) is 0.448. The number of benzene rings is 2. The van der Waals surface area contributed by atoms with Gasteiger partial charge in [-0.05, 0) is 35.2 Å². The van der Waals surface area contributed by atoms with Crippen molar-refractivity contribution in [1.82, 2.24) is 10.2 Å². The van der Waals surface area contributed by atoms with Gasteiger partial charge in [-0.25, -0.2) is 4.79 Å². The maximum absolute atomic E-state index is 12.8. The average Bonchev–Trinajstić information content (AvgIpc) is 2.88. The highest BCUT2D eigenvalue weighted by Crippen LogP contribution is 2.13. The number of unbranched alkanes of at least 4 members (excludes halogenated alkanes) is 4. The van der Waals surface area contributed by atoms with E-state index in [1.165, 1.54) is 4.90 Å². The van der Waals surface area contributed by atoms with E-state index in [0.29, 0.717) is 13.0 Å². The molecule has 0 fully saturated rings. The number of amides is 3. The summed E-state index contributed by atoms with van der Waals surface area (Å²) in [5.74, 6) is -1.17. The molecule has 0 saturated carbocycles. The van der Waals surface area contributed by atoms with Crippen molar-refractivity contribution in [2.45, 2.75) is 77.5 Å². The lowest BCUT2D eigenvalue weighted by molar-refractivity contribution is -0.129. The maximum Gasteiger partial charge on any atom is 0.410 e. The Labute approximate surface area is 233 Å². The number of nitrogens with two attached hydrogens (primary N) is 1. The Bertz CT molecular complexity index is 1060. The van der Waals surface area contributed by atoms with Crippen LogP contribution in [0.15, 0.2) is 53.0 Å². The van der Waals surface area contributed by atoms with Crippen molar-refractivity contribution in [3.05, 3.63) is 69.7 Å². The zero-order valence-electron chi connectivity index (χ0n) is 22.2. The van der Waals surface area contributed by atoms with Crippen LogP contribution in [0.4, 0.5) is 4.79 Å². The van der Waals surface area contributed by atoms with E-state index < -0.39 is 18.0 Å². The van der Waals surface area contributed by atoms with Gasteiger partial charge in [0.15, 0.2) is 5.78 Å². The number of carbonyl (C=O) groups is 4. The lowest BCUT2D eigenvalue weighted by Gasteiger charge is -2.17. The first-order chi connectivity index (χ1) is 18.2. The largest absolute Gasteiger partial charge is 0.445 e. The van der Waals surface area contributed by atoms with Crippen molar-refractivity contribution in [3.8, 4) is 0 Å². The molecule has 0 aromatic heterocycles. The van der Waals surface area contributed by atoms with Crippen molar-refractivity contribution < 1.29 is 23.9 Å². The number of nitrogens with one attached hydrogen (secondary N) is 1. The van der Waals surface area contributed by atoms with Gasteiger partial charge in [0.05, 0.1) is 12.5 Å². The first-order valence-electron chi connectivity index (χ1n) is 13.0. The summed E-state index contributed by atoms with van der Waals surface area (Å²) < 4.78 is 6.37. The molecule has 38 heavy (non-hydrogen) atoms. The number of halogens is 1. The van der Waals surface area contributed by atoms with Crippen LogP contribution in [0.3, 0.4) is 0 Å². The molecule has 0 aliphatic heterocycles. The van der Waals surface area contributed by atoms with Gasteiger partial charge in [-0.1, -0.05) is 84.9 Å². The van der Waals surface area contributed by atoms with Gasteiger partial charge in [0.1, 0.15) is 6.61 Å². The van der Waals surface area contributed by atoms with Gasteiger partial charge in [0, 0.05) is 30.9 Å². The number of hydrogen-bond acceptors (Lipinski definition) is 5. The van der Waals surface area contributed by atoms with Crippen molar-refractivity contribution in [2.24, 2.45) is 5.73 Å². The summed E-state index contributed by atoms with van der Waals surface area (Å²) in [7, 11) is 1.67. The van der Waals surface area contributed by atoms with E-state index in [0.717, 1.165) is 53.3 Å². The zero-order chi connectivity index (χ0) is 27.9. The molecule has 9 heteroatoms. The topological polar surface area (TPSA) is 119 Å². The van der Waals surface area contributed by atoms with Gasteiger partial charge in [-0.3, -0.25) is 14.4 Å². The van der Waals surface area contributed by atoms with E-state index in [9.17, 15) is 19.2 Å². The lowest BCUT2D eigenvalue weighted by atomic mass is 10.00. The van der Waals surface area contributed by atoms with Gasteiger partial charge >= 0.3 is 6.09 Å². The SMILES string of the molecule is CCCCCCCC(=O)N[C@H](CC(N)=O)C(=O)Cc1ccc(COC(=O)N(C)Cc2ccc(Br)cc2)cc1. The van der Waals surface area contributed by atoms with Gasteiger partial charge < -0.3 is 20.7 Å². The van der Waals surface area contributed by atoms with E-state index in [-0.39, 0.29) is 31.1 Å². The van der Waals surface area contributed by atoms with Crippen LogP contribution in [0.5, 0.6) is 0 Å². The maximum atomic E-state index is 12.8. The molecule has 0 saturated heterocycles. The summed E-state index contributed by atoms with van der Waals surface area (Å²) in [6.45, 7) is 2.65. The summed E-state index contributed by atoms with van der Waals surface area (Å²) in [4.78, 5) is 50.5. The van der Waals surface area contributed by atoms with Crippen LogP contribution < -0.4 is 11.1 Å². The molecule has 3 amide bonds. The van der Waals surface area contributed by atoms with Gasteiger partial charge in [-0.2, -0.15) is 0 Å². The number of hydrogen-bond donors (Lipinski definition) is 2. The third kappa shape index (κ3) is 11.9. The van der Waals surface area contributed by atoms with Crippen molar-refractivity contribution in [1.29, 1.82) is 0 Å². The van der Waals surface area contributed by atoms with E-state index in [1.54, 1.807) is 31.3 Å². The molecular weight excluding hydrogens is 550 g/mol. The molecular formula is C29H38BrN3O5. The second kappa shape index (κ2) is 16.6. The van der Waals surface area contributed by atoms with Crippen molar-refractivity contribution in [3.63, 3.8) is 0 Å². The molecule has 0 aliphatic carbocycles. The van der Waals surface area contributed by atoms with Crippen LogP contribution in [-0.2, 0) is 38.7 Å². The van der Waals surface area contributed by atoms with Gasteiger partial charge in [-0.15, -0.1) is 0 Å². The second-order valence-electron chi connectivity index (χ2n) is 9.45. The van der Waals surface area contributed by atoms with Crippen LogP contribution in [0.1, 0.15) is 68.6 Å². The summed E-state index contributed by atoms with van der Waals surface area (Å²) in [6.07, 6.45) is 4.72. The number of nitrogens with zero attached hydrogens (tertiary/aromatic N) is 1. The predicted molar refractivity (Wildman–Crippen MR) is 150 cm³/mol. The number of Topliss-reactive ketones (excluding diaryl/α,β-unsaturated/α-hetero) is 1. The van der Waals surface area contributed by atoms with E-state index in [2.05, 4.69) is 28.2 Å². The molecule has 2 aromatic rings. The summed E-state index contributed by atoms with van der Waals surface area (Å²) in [6, 6.07) is 13.8. The van der Waals surface area contributed by atoms with Crippen molar-refractivity contribution in [2.75, 3.05) is 7.05 Å². The highest BCUT2D eigenvalue weighted by molar-refractivity contribution is 9.10. The monoisotopic (exact) mass is 587 g/mol. The molecule has 0 radical (unpaired) electrons. The summed E-state index contributed by atoms with van der Waals surface area (Å²) >= 11 is 3.39. The molecule has 0 aliphatic rings. The van der Waals surface area contributed by atoms with E-state index >= 15 is 0 Å². The van der Waals surface area contributed by atoms with E-state index in [4.69, 9.17) is 10.5 Å². The van der Waals surface area contributed by atoms with Gasteiger partial charge in [0.25, 0.3) is 0 Å². The number of carbonyl (C=O) groups excluding carboxylic acids is 4. The van der Waals surface area contributed by atoms with Crippen LogP contribution in [-0.4, -0.2) is 41.7 Å². The minimum atomic E-state index is -0.947. The first-order valence-corrected chi connectivity index (χ1v) is 13.8. The number of primary amides is 1. The Morgan fingerprint density at radius 3 is 2.16 bits per heavy atom. The lowest BCUT2D eigenvalue weighted by Crippen LogP contribution is -2.44. The van der Waals surface area contributed by atoms with Gasteiger partial charge in [0.2, 0.25) is 11.8 Å². The third-order valence-electron chi connectivity index (χ3n) is 6.04. The molecule has 206 valence electrons.